The standard InChI is InChI=1S/C21H24N6O5/c1-11-5-7-26(8-6-11)21-24-18-17(20(30)25-21)14(10-16(28)23-18)19(29)22-13-4-3-12(2)15(9-13)27(31)32/h3-4,9,11,14H,5-8,10H2,1-2H3,(H,22,29)(H2,23,24,25,28,30)/t14-/m1/s1. The average Bonchev–Trinajstić information content (AvgIpc) is 2.74. The number of hydrogen-bond donors (Lipinski definition) is 3. The van der Waals surface area contributed by atoms with E-state index in [0.29, 0.717) is 17.4 Å². The Bertz CT molecular complexity index is 1150. The van der Waals surface area contributed by atoms with E-state index in [2.05, 4.69) is 27.5 Å². The lowest BCUT2D eigenvalue weighted by Gasteiger charge is -2.31. The molecule has 2 amide bonds. The van der Waals surface area contributed by atoms with E-state index < -0.39 is 28.2 Å². The fraction of sp³-hybridized carbons (Fsp3) is 0.429. The van der Waals surface area contributed by atoms with Crippen LogP contribution >= 0.6 is 0 Å². The molecule has 0 radical (unpaired) electrons. The summed E-state index contributed by atoms with van der Waals surface area (Å²) >= 11 is 0. The zero-order valence-corrected chi connectivity index (χ0v) is 17.8. The van der Waals surface area contributed by atoms with Crippen molar-refractivity contribution in [2.45, 2.75) is 39.0 Å². The van der Waals surface area contributed by atoms with Crippen LogP contribution in [0.15, 0.2) is 23.0 Å². The maximum absolute atomic E-state index is 13.0. The molecule has 0 unspecified atom stereocenters. The summed E-state index contributed by atoms with van der Waals surface area (Å²) in [7, 11) is 0. The molecule has 0 spiro atoms. The van der Waals surface area contributed by atoms with Gasteiger partial charge in [-0.25, -0.2) is 0 Å². The molecule has 2 aliphatic rings. The van der Waals surface area contributed by atoms with E-state index in [1.165, 1.54) is 18.2 Å². The van der Waals surface area contributed by atoms with Crippen molar-refractivity contribution in [1.29, 1.82) is 0 Å². The average molecular weight is 440 g/mol. The molecule has 32 heavy (non-hydrogen) atoms. The highest BCUT2D eigenvalue weighted by molar-refractivity contribution is 6.04. The van der Waals surface area contributed by atoms with E-state index in [1.54, 1.807) is 6.92 Å². The van der Waals surface area contributed by atoms with E-state index in [4.69, 9.17) is 0 Å². The van der Waals surface area contributed by atoms with Crippen molar-refractivity contribution in [3.63, 3.8) is 0 Å². The van der Waals surface area contributed by atoms with Crippen molar-refractivity contribution >= 4 is 35.0 Å². The smallest absolute Gasteiger partial charge is 0.274 e. The molecule has 11 nitrogen and oxygen atoms in total. The monoisotopic (exact) mass is 440 g/mol. The highest BCUT2D eigenvalue weighted by atomic mass is 16.6. The molecule has 2 aromatic rings. The van der Waals surface area contributed by atoms with E-state index in [9.17, 15) is 24.5 Å². The predicted octanol–water partition coefficient (Wildman–Crippen LogP) is 2.29. The van der Waals surface area contributed by atoms with Gasteiger partial charge < -0.3 is 15.5 Å². The quantitative estimate of drug-likeness (QED) is 0.487. The van der Waals surface area contributed by atoms with Crippen LogP contribution in [-0.4, -0.2) is 39.8 Å². The van der Waals surface area contributed by atoms with Crippen LogP contribution in [0.3, 0.4) is 0 Å². The maximum Gasteiger partial charge on any atom is 0.274 e. The molecule has 3 N–H and O–H groups in total. The number of benzene rings is 1. The third-order valence-electron chi connectivity index (χ3n) is 6.01. The first kappa shape index (κ1) is 21.5. The van der Waals surface area contributed by atoms with Gasteiger partial charge in [-0.2, -0.15) is 4.98 Å². The number of nitrogens with zero attached hydrogens (tertiary/aromatic N) is 3. The molecule has 0 aliphatic carbocycles. The van der Waals surface area contributed by atoms with Crippen LogP contribution in [0.4, 0.5) is 23.1 Å². The van der Waals surface area contributed by atoms with Crippen molar-refractivity contribution in [3.8, 4) is 0 Å². The first-order chi connectivity index (χ1) is 15.2. The summed E-state index contributed by atoms with van der Waals surface area (Å²) < 4.78 is 0. The summed E-state index contributed by atoms with van der Waals surface area (Å²) in [4.78, 5) is 57.9. The molecule has 2 aliphatic heterocycles. The van der Waals surface area contributed by atoms with Gasteiger partial charge in [0.2, 0.25) is 17.8 Å². The number of nitro groups is 1. The van der Waals surface area contributed by atoms with Gasteiger partial charge in [-0.1, -0.05) is 13.0 Å². The van der Waals surface area contributed by atoms with Crippen LogP contribution < -0.4 is 21.1 Å². The molecule has 3 heterocycles. The van der Waals surface area contributed by atoms with Crippen LogP contribution in [0, 0.1) is 23.0 Å². The summed E-state index contributed by atoms with van der Waals surface area (Å²) in [5, 5.41) is 16.4. The summed E-state index contributed by atoms with van der Waals surface area (Å²) in [6.07, 6.45) is 1.72. The van der Waals surface area contributed by atoms with Gasteiger partial charge in [0.05, 0.1) is 16.4 Å². The second kappa shape index (κ2) is 8.40. The largest absolute Gasteiger partial charge is 0.342 e. The SMILES string of the molecule is Cc1ccc(NC(=O)[C@@H]2CC(=O)Nc3nc(N4CCC(C)CC4)[nH]c(=O)c32)cc1[N+](=O)[O-]. The van der Waals surface area contributed by atoms with Gasteiger partial charge in [0.25, 0.3) is 11.2 Å². The van der Waals surface area contributed by atoms with Crippen molar-refractivity contribution in [2.75, 3.05) is 28.6 Å². The number of nitro benzene ring substituents is 1. The summed E-state index contributed by atoms with van der Waals surface area (Å²) in [6, 6.07) is 4.31. The number of aromatic nitrogens is 2. The van der Waals surface area contributed by atoms with Crippen LogP contribution in [0.25, 0.3) is 0 Å². The van der Waals surface area contributed by atoms with Gasteiger partial charge in [0.1, 0.15) is 5.82 Å². The third-order valence-corrected chi connectivity index (χ3v) is 6.01. The number of anilines is 3. The predicted molar refractivity (Wildman–Crippen MR) is 118 cm³/mol. The molecular formula is C21H24N6O5. The van der Waals surface area contributed by atoms with E-state index >= 15 is 0 Å². The number of amides is 2. The number of fused-ring (bicyclic) bond motifs is 1. The van der Waals surface area contributed by atoms with E-state index in [1.807, 2.05) is 4.90 Å². The van der Waals surface area contributed by atoms with E-state index in [-0.39, 0.29) is 29.2 Å². The van der Waals surface area contributed by atoms with Gasteiger partial charge in [0, 0.05) is 36.8 Å². The Hall–Kier alpha value is -3.76. The van der Waals surface area contributed by atoms with Crippen LogP contribution in [0.5, 0.6) is 0 Å². The molecule has 11 heteroatoms. The van der Waals surface area contributed by atoms with Gasteiger partial charge in [-0.15, -0.1) is 0 Å². The Labute approximate surface area is 183 Å². The number of hydrogen-bond acceptors (Lipinski definition) is 7. The molecule has 0 bridgehead atoms. The first-order valence-electron chi connectivity index (χ1n) is 10.5. The number of rotatable bonds is 4. The highest BCUT2D eigenvalue weighted by Gasteiger charge is 2.35. The Kier molecular flexibility index (Phi) is 5.64. The number of carbonyl (C=O) groups is 2. The van der Waals surface area contributed by atoms with Gasteiger partial charge in [0.15, 0.2) is 0 Å². The maximum atomic E-state index is 13.0. The highest BCUT2D eigenvalue weighted by Crippen LogP contribution is 2.31. The molecule has 4 rings (SSSR count). The molecular weight excluding hydrogens is 416 g/mol. The lowest BCUT2D eigenvalue weighted by atomic mass is 9.92. The molecule has 1 aromatic carbocycles. The minimum Gasteiger partial charge on any atom is -0.342 e. The van der Waals surface area contributed by atoms with Gasteiger partial charge in [-0.3, -0.25) is 29.5 Å². The number of piperidine rings is 1. The summed E-state index contributed by atoms with van der Waals surface area (Å²) in [5.74, 6) is -1.05. The zero-order valence-electron chi connectivity index (χ0n) is 17.8. The van der Waals surface area contributed by atoms with Crippen LogP contribution in [0.2, 0.25) is 0 Å². The lowest BCUT2D eigenvalue weighted by Crippen LogP contribution is -2.39. The zero-order chi connectivity index (χ0) is 23.0. The second-order valence-corrected chi connectivity index (χ2v) is 8.37. The molecule has 1 aromatic heterocycles. The normalized spacial score (nSPS) is 18.6. The van der Waals surface area contributed by atoms with Crippen molar-refractivity contribution < 1.29 is 14.5 Å². The fourth-order valence-corrected chi connectivity index (χ4v) is 4.07. The third kappa shape index (κ3) is 4.18. The van der Waals surface area contributed by atoms with Crippen molar-refractivity contribution in [2.24, 2.45) is 5.92 Å². The molecule has 1 fully saturated rings. The minimum atomic E-state index is -1.06. The molecule has 0 saturated carbocycles. The fourth-order valence-electron chi connectivity index (χ4n) is 4.07. The molecule has 1 atom stereocenters. The Balaban J connectivity index is 1.62. The molecule has 1 saturated heterocycles. The minimum absolute atomic E-state index is 0.0775. The lowest BCUT2D eigenvalue weighted by molar-refractivity contribution is -0.385. The second-order valence-electron chi connectivity index (χ2n) is 8.37. The Morgan fingerprint density at radius 3 is 2.69 bits per heavy atom. The Morgan fingerprint density at radius 2 is 2.00 bits per heavy atom. The number of nitrogens with one attached hydrogen (secondary N) is 3. The van der Waals surface area contributed by atoms with Crippen molar-refractivity contribution in [3.05, 3.63) is 49.8 Å². The van der Waals surface area contributed by atoms with Crippen LogP contribution in [-0.2, 0) is 9.59 Å². The first-order valence-corrected chi connectivity index (χ1v) is 10.5. The summed E-state index contributed by atoms with van der Waals surface area (Å²) in [6.45, 7) is 5.25. The topological polar surface area (TPSA) is 150 Å². The van der Waals surface area contributed by atoms with Gasteiger partial charge >= 0.3 is 0 Å². The van der Waals surface area contributed by atoms with E-state index in [0.717, 1.165) is 25.9 Å². The van der Waals surface area contributed by atoms with Crippen LogP contribution in [0.1, 0.15) is 43.2 Å². The summed E-state index contributed by atoms with van der Waals surface area (Å²) in [5.41, 5.74) is 0.125. The number of carbonyl (C=O) groups excluding carboxylic acids is 2. The van der Waals surface area contributed by atoms with Crippen molar-refractivity contribution in [1.82, 2.24) is 9.97 Å². The molecule has 168 valence electrons. The number of aromatic amines is 1. The number of aryl methyl sites for hydroxylation is 1. The van der Waals surface area contributed by atoms with Gasteiger partial charge in [-0.05, 0) is 31.7 Å². The Morgan fingerprint density at radius 1 is 1.28 bits per heavy atom. The number of H-pyrrole nitrogens is 1.